The van der Waals surface area contributed by atoms with Crippen molar-refractivity contribution in [2.24, 2.45) is 11.8 Å². The summed E-state index contributed by atoms with van der Waals surface area (Å²) in [5.41, 5.74) is 1.39. The predicted molar refractivity (Wildman–Crippen MR) is 84.6 cm³/mol. The molecule has 1 unspecified atom stereocenters. The maximum absolute atomic E-state index is 5.69. The van der Waals surface area contributed by atoms with E-state index in [1.54, 1.807) is 7.11 Å². The van der Waals surface area contributed by atoms with Crippen LogP contribution < -0.4 is 10.1 Å². The van der Waals surface area contributed by atoms with Gasteiger partial charge in [0.1, 0.15) is 5.75 Å². The number of hydrogen-bond acceptors (Lipinski definition) is 3. The highest BCUT2D eigenvalue weighted by molar-refractivity contribution is 5.30. The van der Waals surface area contributed by atoms with Crippen molar-refractivity contribution < 1.29 is 9.47 Å². The Kier molecular flexibility index (Phi) is 5.15. The molecule has 3 rings (SSSR count). The van der Waals surface area contributed by atoms with Gasteiger partial charge < -0.3 is 14.8 Å². The number of nitrogens with one attached hydrogen (secondary N) is 1. The topological polar surface area (TPSA) is 30.5 Å². The van der Waals surface area contributed by atoms with Gasteiger partial charge in [0, 0.05) is 19.3 Å². The molecule has 21 heavy (non-hydrogen) atoms. The molecule has 1 atom stereocenters. The van der Waals surface area contributed by atoms with E-state index >= 15 is 0 Å². The maximum Gasteiger partial charge on any atom is 0.118 e. The molecular weight excluding hydrogens is 262 g/mol. The van der Waals surface area contributed by atoms with Crippen molar-refractivity contribution >= 4 is 0 Å². The summed E-state index contributed by atoms with van der Waals surface area (Å²) in [6, 6.07) is 9.01. The zero-order chi connectivity index (χ0) is 14.5. The summed E-state index contributed by atoms with van der Waals surface area (Å²) in [5, 5.41) is 3.72. The Morgan fingerprint density at radius 2 is 1.90 bits per heavy atom. The largest absolute Gasteiger partial charge is 0.497 e. The third kappa shape index (κ3) is 4.72. The molecule has 2 saturated carbocycles. The normalized spacial score (nSPS) is 19.5. The molecule has 0 radical (unpaired) electrons. The van der Waals surface area contributed by atoms with Crippen molar-refractivity contribution in [2.75, 3.05) is 26.9 Å². The minimum absolute atomic E-state index is 0.499. The van der Waals surface area contributed by atoms with Gasteiger partial charge in [-0.1, -0.05) is 12.1 Å². The van der Waals surface area contributed by atoms with Crippen molar-refractivity contribution in [3.63, 3.8) is 0 Å². The lowest BCUT2D eigenvalue weighted by Gasteiger charge is -2.19. The molecule has 1 aromatic rings. The van der Waals surface area contributed by atoms with E-state index in [0.717, 1.165) is 43.8 Å². The van der Waals surface area contributed by atoms with Gasteiger partial charge in [0.15, 0.2) is 0 Å². The molecule has 0 bridgehead atoms. The fourth-order valence-corrected chi connectivity index (χ4v) is 2.76. The first kappa shape index (κ1) is 14.9. The van der Waals surface area contributed by atoms with Crippen LogP contribution >= 0.6 is 0 Å². The van der Waals surface area contributed by atoms with Crippen LogP contribution in [-0.2, 0) is 4.74 Å². The highest BCUT2D eigenvalue weighted by atomic mass is 16.5. The average molecular weight is 289 g/mol. The Labute approximate surface area is 128 Å². The quantitative estimate of drug-likeness (QED) is 0.668. The first-order chi connectivity index (χ1) is 10.4. The molecular formula is C18H27NO2. The third-order valence-corrected chi connectivity index (χ3v) is 4.45. The van der Waals surface area contributed by atoms with Crippen LogP contribution in [0.5, 0.6) is 5.75 Å². The molecule has 1 aromatic carbocycles. The number of ether oxygens (including phenoxy) is 2. The van der Waals surface area contributed by atoms with Crippen molar-refractivity contribution in [3.8, 4) is 5.75 Å². The zero-order valence-electron chi connectivity index (χ0n) is 13.0. The van der Waals surface area contributed by atoms with Gasteiger partial charge >= 0.3 is 0 Å². The SMILES string of the molecule is COc1ccc(C(NCCCOCC2CC2)C2CC2)cc1. The van der Waals surface area contributed by atoms with Crippen molar-refractivity contribution in [1.29, 1.82) is 0 Å². The number of benzene rings is 1. The van der Waals surface area contributed by atoms with Gasteiger partial charge in [-0.15, -0.1) is 0 Å². The van der Waals surface area contributed by atoms with Crippen LogP contribution in [0.1, 0.15) is 43.7 Å². The van der Waals surface area contributed by atoms with E-state index < -0.39 is 0 Å². The van der Waals surface area contributed by atoms with E-state index in [9.17, 15) is 0 Å². The van der Waals surface area contributed by atoms with Crippen LogP contribution in [0.2, 0.25) is 0 Å². The van der Waals surface area contributed by atoms with Gasteiger partial charge in [-0.05, 0) is 68.2 Å². The van der Waals surface area contributed by atoms with Crippen LogP contribution in [-0.4, -0.2) is 26.9 Å². The standard InChI is InChI=1S/C18H27NO2/c1-20-17-9-7-16(8-10-17)18(15-5-6-15)19-11-2-12-21-13-14-3-4-14/h7-10,14-15,18-19H,2-6,11-13H2,1H3. The molecule has 0 spiro atoms. The molecule has 0 saturated heterocycles. The summed E-state index contributed by atoms with van der Waals surface area (Å²) >= 11 is 0. The van der Waals surface area contributed by atoms with E-state index in [4.69, 9.17) is 9.47 Å². The highest BCUT2D eigenvalue weighted by Crippen LogP contribution is 2.41. The van der Waals surface area contributed by atoms with Crippen molar-refractivity contribution in [1.82, 2.24) is 5.32 Å². The van der Waals surface area contributed by atoms with Crippen molar-refractivity contribution in [3.05, 3.63) is 29.8 Å². The van der Waals surface area contributed by atoms with E-state index in [2.05, 4.69) is 29.6 Å². The monoisotopic (exact) mass is 289 g/mol. The molecule has 0 aliphatic heterocycles. The Balaban J connectivity index is 1.40. The number of hydrogen-bond donors (Lipinski definition) is 1. The Morgan fingerprint density at radius 1 is 1.14 bits per heavy atom. The van der Waals surface area contributed by atoms with Crippen LogP contribution in [0.25, 0.3) is 0 Å². The lowest BCUT2D eigenvalue weighted by atomic mass is 10.0. The Bertz CT molecular complexity index is 423. The molecule has 0 aromatic heterocycles. The van der Waals surface area contributed by atoms with Crippen LogP contribution in [0.15, 0.2) is 24.3 Å². The first-order valence-corrected chi connectivity index (χ1v) is 8.32. The van der Waals surface area contributed by atoms with Crippen LogP contribution in [0.4, 0.5) is 0 Å². The second-order valence-electron chi connectivity index (χ2n) is 6.41. The minimum atomic E-state index is 0.499. The smallest absolute Gasteiger partial charge is 0.118 e. The molecule has 1 N–H and O–H groups in total. The van der Waals surface area contributed by atoms with Gasteiger partial charge in [-0.3, -0.25) is 0 Å². The minimum Gasteiger partial charge on any atom is -0.497 e. The average Bonchev–Trinajstić information content (AvgIpc) is 3.39. The molecule has 2 aliphatic carbocycles. The van der Waals surface area contributed by atoms with Crippen LogP contribution in [0, 0.1) is 11.8 Å². The summed E-state index contributed by atoms with van der Waals surface area (Å²) in [6.45, 7) is 2.91. The second kappa shape index (κ2) is 7.28. The van der Waals surface area contributed by atoms with Gasteiger partial charge in [-0.25, -0.2) is 0 Å². The maximum atomic E-state index is 5.69. The van der Waals surface area contributed by atoms with E-state index in [1.807, 2.05) is 0 Å². The van der Waals surface area contributed by atoms with Gasteiger partial charge in [-0.2, -0.15) is 0 Å². The number of rotatable bonds is 10. The molecule has 3 heteroatoms. The van der Waals surface area contributed by atoms with E-state index in [-0.39, 0.29) is 0 Å². The Morgan fingerprint density at radius 3 is 2.52 bits per heavy atom. The van der Waals surface area contributed by atoms with E-state index in [0.29, 0.717) is 6.04 Å². The summed E-state index contributed by atoms with van der Waals surface area (Å²) < 4.78 is 10.9. The van der Waals surface area contributed by atoms with Gasteiger partial charge in [0.25, 0.3) is 0 Å². The predicted octanol–water partition coefficient (Wildman–Crippen LogP) is 3.55. The van der Waals surface area contributed by atoms with Gasteiger partial charge in [0.05, 0.1) is 7.11 Å². The molecule has 0 amide bonds. The fourth-order valence-electron chi connectivity index (χ4n) is 2.76. The second-order valence-corrected chi connectivity index (χ2v) is 6.41. The molecule has 3 nitrogen and oxygen atoms in total. The van der Waals surface area contributed by atoms with Crippen LogP contribution in [0.3, 0.4) is 0 Å². The summed E-state index contributed by atoms with van der Waals surface area (Å²) in [5.74, 6) is 2.61. The summed E-state index contributed by atoms with van der Waals surface area (Å²) in [4.78, 5) is 0. The Hall–Kier alpha value is -1.06. The lowest BCUT2D eigenvalue weighted by Crippen LogP contribution is -2.25. The molecule has 0 heterocycles. The highest BCUT2D eigenvalue weighted by Gasteiger charge is 2.31. The molecule has 2 fully saturated rings. The molecule has 2 aliphatic rings. The summed E-state index contributed by atoms with van der Waals surface area (Å²) in [6.07, 6.45) is 6.55. The number of methoxy groups -OCH3 is 1. The fraction of sp³-hybridized carbons (Fsp3) is 0.667. The zero-order valence-corrected chi connectivity index (χ0v) is 13.0. The lowest BCUT2D eigenvalue weighted by molar-refractivity contribution is 0.121. The van der Waals surface area contributed by atoms with Gasteiger partial charge in [0.2, 0.25) is 0 Å². The van der Waals surface area contributed by atoms with Crippen molar-refractivity contribution in [2.45, 2.75) is 38.1 Å². The summed E-state index contributed by atoms with van der Waals surface area (Å²) in [7, 11) is 1.72. The van der Waals surface area contributed by atoms with E-state index in [1.165, 1.54) is 31.2 Å². The first-order valence-electron chi connectivity index (χ1n) is 8.32. The third-order valence-electron chi connectivity index (χ3n) is 4.45. The molecule has 116 valence electrons.